The summed E-state index contributed by atoms with van der Waals surface area (Å²) in [5, 5.41) is 13.3. The molecule has 2 fully saturated rings. The molecule has 5 nitrogen and oxygen atoms in total. The number of nitrogens with one attached hydrogen (secondary N) is 1. The summed E-state index contributed by atoms with van der Waals surface area (Å²) in [5.41, 5.74) is 5.97. The van der Waals surface area contributed by atoms with Crippen molar-refractivity contribution in [3.63, 3.8) is 0 Å². The molecule has 5 unspecified atom stereocenters. The number of carbonyl (C=O) groups excluding carboxylic acids is 1. The molecule has 4 N–H and O–H groups in total. The highest BCUT2D eigenvalue weighted by Gasteiger charge is 2.58. The van der Waals surface area contributed by atoms with Crippen LogP contribution in [0.1, 0.15) is 39.5 Å². The average Bonchev–Trinajstić information content (AvgIpc) is 3.11. The molecule has 0 aromatic rings. The van der Waals surface area contributed by atoms with Crippen molar-refractivity contribution in [3.05, 3.63) is 11.6 Å². The van der Waals surface area contributed by atoms with E-state index in [1.54, 1.807) is 0 Å². The number of esters is 1. The molecule has 2 bridgehead atoms. The molecule has 0 aromatic heterocycles. The Morgan fingerprint density at radius 1 is 1.67 bits per heavy atom. The van der Waals surface area contributed by atoms with E-state index in [0.29, 0.717) is 13.0 Å². The van der Waals surface area contributed by atoms with Crippen molar-refractivity contribution in [2.24, 2.45) is 11.7 Å². The van der Waals surface area contributed by atoms with E-state index in [2.05, 4.69) is 27.9 Å². The third-order valence-electron chi connectivity index (χ3n) is 5.03. The van der Waals surface area contributed by atoms with Crippen LogP contribution >= 0.6 is 22.6 Å². The fourth-order valence-electron chi connectivity index (χ4n) is 3.51. The Hall–Kier alpha value is -0.180. The highest BCUT2D eigenvalue weighted by atomic mass is 127. The second-order valence-electron chi connectivity index (χ2n) is 7.14. The van der Waals surface area contributed by atoms with Gasteiger partial charge in [0.05, 0.1) is 5.60 Å². The van der Waals surface area contributed by atoms with Crippen LogP contribution in [0.4, 0.5) is 0 Å². The first kappa shape index (κ1) is 15.7. The molecule has 1 saturated heterocycles. The summed E-state index contributed by atoms with van der Waals surface area (Å²) in [6, 6.07) is 0. The fourth-order valence-corrected chi connectivity index (χ4v) is 4.02. The van der Waals surface area contributed by atoms with Crippen LogP contribution in [0.3, 0.4) is 0 Å². The van der Waals surface area contributed by atoms with Gasteiger partial charge in [0.2, 0.25) is 0 Å². The number of halogens is 1. The standard InChI is InChI=1S/C15H23IN2O3/c1-13(20)6-9-3-4-11(10(5-9)7-13)21-12(19)14(2,16)15(17)8-18-15/h6,10-11,18,20H,3-5,7-8,17H2,1-2H3. The van der Waals surface area contributed by atoms with Crippen LogP contribution in [0.5, 0.6) is 0 Å². The number of aliphatic hydroxyl groups is 1. The van der Waals surface area contributed by atoms with Crippen LogP contribution in [0, 0.1) is 5.92 Å². The Morgan fingerprint density at radius 3 is 2.95 bits per heavy atom. The van der Waals surface area contributed by atoms with E-state index < -0.39 is 14.7 Å². The molecule has 0 amide bonds. The van der Waals surface area contributed by atoms with Crippen LogP contribution < -0.4 is 11.1 Å². The van der Waals surface area contributed by atoms with Crippen molar-refractivity contribution in [3.8, 4) is 0 Å². The Bertz CT molecular complexity index is 497. The van der Waals surface area contributed by atoms with Gasteiger partial charge < -0.3 is 15.6 Å². The average molecular weight is 406 g/mol. The lowest BCUT2D eigenvalue weighted by Gasteiger charge is -2.41. The maximum absolute atomic E-state index is 12.5. The van der Waals surface area contributed by atoms with E-state index in [1.807, 2.05) is 19.9 Å². The lowest BCUT2D eigenvalue weighted by atomic mass is 9.71. The molecule has 118 valence electrons. The lowest BCUT2D eigenvalue weighted by molar-refractivity contribution is -0.157. The number of carbonyl (C=O) groups is 1. The van der Waals surface area contributed by atoms with Gasteiger partial charge in [-0.25, -0.2) is 0 Å². The van der Waals surface area contributed by atoms with Crippen LogP contribution in [0.25, 0.3) is 0 Å². The van der Waals surface area contributed by atoms with Crippen molar-refractivity contribution in [2.45, 2.75) is 60.3 Å². The zero-order chi connectivity index (χ0) is 15.5. The van der Waals surface area contributed by atoms with Crippen molar-refractivity contribution >= 4 is 28.6 Å². The second-order valence-corrected chi connectivity index (χ2v) is 9.30. The minimum atomic E-state index is -0.774. The van der Waals surface area contributed by atoms with Crippen molar-refractivity contribution in [2.75, 3.05) is 6.54 Å². The quantitative estimate of drug-likeness (QED) is 0.216. The molecule has 3 aliphatic rings. The van der Waals surface area contributed by atoms with Gasteiger partial charge in [-0.15, -0.1) is 0 Å². The topological polar surface area (TPSA) is 94.5 Å². The van der Waals surface area contributed by atoms with E-state index in [0.717, 1.165) is 19.3 Å². The molecule has 21 heavy (non-hydrogen) atoms. The van der Waals surface area contributed by atoms with Crippen molar-refractivity contribution < 1.29 is 14.6 Å². The monoisotopic (exact) mass is 406 g/mol. The molecule has 1 saturated carbocycles. The largest absolute Gasteiger partial charge is 0.461 e. The van der Waals surface area contributed by atoms with Gasteiger partial charge in [-0.2, -0.15) is 0 Å². The number of nitrogens with two attached hydrogens (primary N) is 1. The highest BCUT2D eigenvalue weighted by molar-refractivity contribution is 14.1. The smallest absolute Gasteiger partial charge is 0.325 e. The molecule has 2 aliphatic carbocycles. The van der Waals surface area contributed by atoms with Crippen LogP contribution in [0.2, 0.25) is 0 Å². The van der Waals surface area contributed by atoms with Gasteiger partial charge in [-0.1, -0.05) is 34.2 Å². The molecular weight excluding hydrogens is 383 g/mol. The van der Waals surface area contributed by atoms with Gasteiger partial charge in [0.15, 0.2) is 0 Å². The minimum absolute atomic E-state index is 0.113. The van der Waals surface area contributed by atoms with Gasteiger partial charge in [0.25, 0.3) is 0 Å². The number of hydrogen-bond donors (Lipinski definition) is 3. The summed E-state index contributed by atoms with van der Waals surface area (Å²) in [5.74, 6) is -0.0379. The molecule has 0 radical (unpaired) electrons. The molecule has 1 aliphatic heterocycles. The van der Waals surface area contributed by atoms with E-state index >= 15 is 0 Å². The Labute approximate surface area is 138 Å². The summed E-state index contributed by atoms with van der Waals surface area (Å²) >= 11 is 2.09. The summed E-state index contributed by atoms with van der Waals surface area (Å²) in [4.78, 5) is 12.5. The number of hydrogen-bond acceptors (Lipinski definition) is 5. The summed E-state index contributed by atoms with van der Waals surface area (Å²) in [6.07, 6.45) is 5.19. The molecule has 3 rings (SSSR count). The predicted molar refractivity (Wildman–Crippen MR) is 87.9 cm³/mol. The normalized spacial score (nSPS) is 44.5. The van der Waals surface area contributed by atoms with Gasteiger partial charge in [-0.05, 0) is 39.5 Å². The Balaban J connectivity index is 1.69. The summed E-state index contributed by atoms with van der Waals surface area (Å²) < 4.78 is 5.03. The lowest BCUT2D eigenvalue weighted by Crippen LogP contribution is -2.54. The van der Waals surface area contributed by atoms with E-state index in [4.69, 9.17) is 10.5 Å². The van der Waals surface area contributed by atoms with E-state index in [-0.39, 0.29) is 18.0 Å². The number of fused-ring (bicyclic) bond motifs is 2. The number of allylic oxidation sites excluding steroid dienone is 1. The molecular formula is C15H23IN2O3. The highest BCUT2D eigenvalue weighted by Crippen LogP contribution is 2.43. The van der Waals surface area contributed by atoms with Crippen LogP contribution in [0.15, 0.2) is 11.6 Å². The van der Waals surface area contributed by atoms with Crippen molar-refractivity contribution in [1.29, 1.82) is 0 Å². The maximum Gasteiger partial charge on any atom is 0.325 e. The Morgan fingerprint density at radius 2 is 2.33 bits per heavy atom. The third kappa shape index (κ3) is 2.87. The molecule has 5 atom stereocenters. The van der Waals surface area contributed by atoms with E-state index in [9.17, 15) is 9.90 Å². The zero-order valence-corrected chi connectivity index (χ0v) is 14.6. The first-order valence-electron chi connectivity index (χ1n) is 7.50. The van der Waals surface area contributed by atoms with Gasteiger partial charge in [0, 0.05) is 12.5 Å². The SMILES string of the molecule is CC1(O)C=C2CCC(OC(=O)C(C)(I)C3(N)CN3)C(C2)C1. The summed E-state index contributed by atoms with van der Waals surface area (Å²) in [6.45, 7) is 4.28. The number of rotatable bonds is 3. The number of ether oxygens (including phenoxy) is 1. The molecule has 6 heteroatoms. The second kappa shape index (κ2) is 4.91. The minimum Gasteiger partial charge on any atom is -0.461 e. The van der Waals surface area contributed by atoms with Crippen molar-refractivity contribution in [1.82, 2.24) is 5.32 Å². The van der Waals surface area contributed by atoms with Crippen LogP contribution in [-0.2, 0) is 9.53 Å². The first-order valence-corrected chi connectivity index (χ1v) is 8.58. The first-order chi connectivity index (χ1) is 9.63. The zero-order valence-electron chi connectivity index (χ0n) is 12.5. The molecule has 1 heterocycles. The maximum atomic E-state index is 12.5. The Kier molecular flexibility index (Phi) is 3.67. The molecule has 0 spiro atoms. The van der Waals surface area contributed by atoms with Crippen LogP contribution in [-0.4, -0.2) is 38.4 Å². The van der Waals surface area contributed by atoms with Gasteiger partial charge in [-0.3, -0.25) is 10.1 Å². The van der Waals surface area contributed by atoms with Gasteiger partial charge in [0.1, 0.15) is 15.2 Å². The summed E-state index contributed by atoms with van der Waals surface area (Å²) in [7, 11) is 0. The molecule has 0 aromatic carbocycles. The van der Waals surface area contributed by atoms with Gasteiger partial charge >= 0.3 is 5.97 Å². The van der Waals surface area contributed by atoms with E-state index in [1.165, 1.54) is 5.57 Å². The number of alkyl halides is 1. The predicted octanol–water partition coefficient (Wildman–Crippen LogP) is 1.23. The fraction of sp³-hybridized carbons (Fsp3) is 0.800. The third-order valence-corrected chi connectivity index (χ3v) is 6.43.